The third-order valence-corrected chi connectivity index (χ3v) is 2.84. The van der Waals surface area contributed by atoms with E-state index in [-0.39, 0.29) is 12.0 Å². The molecule has 0 radical (unpaired) electrons. The lowest BCUT2D eigenvalue weighted by atomic mass is 10.2. The second kappa shape index (κ2) is 4.65. The topological polar surface area (TPSA) is 30.7 Å². The van der Waals surface area contributed by atoms with Crippen molar-refractivity contribution in [1.29, 1.82) is 0 Å². The van der Waals surface area contributed by atoms with E-state index in [2.05, 4.69) is 10.3 Å². The predicted molar refractivity (Wildman–Crippen MR) is 71.5 cm³/mol. The summed E-state index contributed by atoms with van der Waals surface area (Å²) < 4.78 is 22.5. The molecule has 3 rings (SSSR count). The zero-order chi connectivity index (χ0) is 14.1. The number of nitrogens with zero attached hydrogens (tertiary/aromatic N) is 3. The highest BCUT2D eigenvalue weighted by molar-refractivity contribution is 5.58. The summed E-state index contributed by atoms with van der Waals surface area (Å²) in [5, 5.41) is 8.02. The van der Waals surface area contributed by atoms with Crippen LogP contribution in [0.4, 0.5) is 4.39 Å². The lowest BCUT2D eigenvalue weighted by Gasteiger charge is -1.99. The zero-order valence-electron chi connectivity index (χ0n) is 11.3. The second-order valence-corrected chi connectivity index (χ2v) is 4.30. The molecule has 0 bridgehead atoms. The molecule has 0 aliphatic rings. The van der Waals surface area contributed by atoms with Gasteiger partial charge in [-0.2, -0.15) is 0 Å². The van der Waals surface area contributed by atoms with E-state index in [9.17, 15) is 4.39 Å². The van der Waals surface area contributed by atoms with Crippen LogP contribution in [-0.4, -0.2) is 15.0 Å². The van der Waals surface area contributed by atoms with Crippen LogP contribution < -0.4 is 0 Å². The van der Waals surface area contributed by atoms with Gasteiger partial charge in [0.25, 0.3) is 0 Å². The molecule has 0 spiro atoms. The Bertz CT molecular complexity index is 670. The Balaban J connectivity index is 2.04. The minimum Gasteiger partial charge on any atom is -0.220 e. The first-order chi connectivity index (χ1) is 9.65. The van der Waals surface area contributed by atoms with Crippen molar-refractivity contribution >= 4 is 0 Å². The highest BCUT2D eigenvalue weighted by Gasteiger charge is 2.05. The number of aromatic nitrogens is 3. The van der Waals surface area contributed by atoms with Crippen molar-refractivity contribution in [2.75, 3.05) is 0 Å². The van der Waals surface area contributed by atoms with Crippen LogP contribution in [0.5, 0.6) is 0 Å². The van der Waals surface area contributed by atoms with Gasteiger partial charge in [-0.3, -0.25) is 0 Å². The summed E-state index contributed by atoms with van der Waals surface area (Å²) in [5.74, 6) is -0.314. The van der Waals surface area contributed by atoms with Gasteiger partial charge in [-0.1, -0.05) is 22.9 Å². The Hall–Kier alpha value is -2.49. The van der Waals surface area contributed by atoms with E-state index in [4.69, 9.17) is 1.37 Å². The summed E-state index contributed by atoms with van der Waals surface area (Å²) >= 11 is 0. The van der Waals surface area contributed by atoms with Crippen molar-refractivity contribution in [2.45, 2.75) is 6.92 Å². The normalized spacial score (nSPS) is 11.4. The number of hydrogen-bond acceptors (Lipinski definition) is 2. The lowest BCUT2D eigenvalue weighted by molar-refractivity contribution is 0.628. The average molecular weight is 254 g/mol. The number of aryl methyl sites for hydroxylation is 1. The molecule has 19 heavy (non-hydrogen) atoms. The van der Waals surface area contributed by atoms with Gasteiger partial charge in [0.1, 0.15) is 11.5 Å². The Labute approximate surface area is 111 Å². The fourth-order valence-corrected chi connectivity index (χ4v) is 1.77. The molecular formula is C15H12FN3. The molecule has 0 saturated heterocycles. The first kappa shape index (κ1) is 10.4. The molecule has 1 aromatic heterocycles. The second-order valence-electron chi connectivity index (χ2n) is 4.30. The van der Waals surface area contributed by atoms with E-state index in [1.807, 2.05) is 31.2 Å². The predicted octanol–water partition coefficient (Wildman–Crippen LogP) is 3.38. The summed E-state index contributed by atoms with van der Waals surface area (Å²) in [6, 6.07) is 13.6. The van der Waals surface area contributed by atoms with Crippen molar-refractivity contribution in [3.63, 3.8) is 0 Å². The van der Waals surface area contributed by atoms with Gasteiger partial charge in [-0.05, 0) is 43.3 Å². The third-order valence-electron chi connectivity index (χ3n) is 2.84. The number of rotatable bonds is 2. The maximum atomic E-state index is 12.9. The lowest BCUT2D eigenvalue weighted by Crippen LogP contribution is -1.94. The molecule has 0 saturated carbocycles. The van der Waals surface area contributed by atoms with Crippen molar-refractivity contribution in [1.82, 2.24) is 15.0 Å². The summed E-state index contributed by atoms with van der Waals surface area (Å²) in [4.78, 5) is 0. The number of benzene rings is 2. The molecule has 0 atom stereocenters. The third kappa shape index (κ3) is 2.38. The maximum Gasteiger partial charge on any atom is 0.123 e. The summed E-state index contributed by atoms with van der Waals surface area (Å²) in [5.41, 5.74) is 3.03. The fourth-order valence-electron chi connectivity index (χ4n) is 1.77. The van der Waals surface area contributed by atoms with Gasteiger partial charge in [0, 0.05) is 5.56 Å². The van der Waals surface area contributed by atoms with Crippen LogP contribution >= 0.6 is 0 Å². The summed E-state index contributed by atoms with van der Waals surface area (Å²) in [6.07, 6.45) is 0.181. The highest BCUT2D eigenvalue weighted by Crippen LogP contribution is 2.18. The molecule has 3 aromatic rings. The van der Waals surface area contributed by atoms with Gasteiger partial charge < -0.3 is 0 Å². The van der Waals surface area contributed by atoms with Gasteiger partial charge in [0.2, 0.25) is 0 Å². The number of hydrogen-bond donors (Lipinski definition) is 0. The van der Waals surface area contributed by atoms with Crippen molar-refractivity contribution < 1.29 is 5.76 Å². The van der Waals surface area contributed by atoms with E-state index in [0.717, 1.165) is 11.3 Å². The van der Waals surface area contributed by atoms with Crippen LogP contribution in [0.2, 0.25) is 0 Å². The minimum atomic E-state index is -0.314. The summed E-state index contributed by atoms with van der Waals surface area (Å²) in [6.45, 7) is 2.00. The van der Waals surface area contributed by atoms with Crippen LogP contribution in [0.3, 0.4) is 0 Å². The molecule has 94 valence electrons. The van der Waals surface area contributed by atoms with Crippen LogP contribution in [0.1, 0.15) is 6.93 Å². The zero-order valence-corrected chi connectivity index (χ0v) is 10.3. The summed E-state index contributed by atoms with van der Waals surface area (Å²) in [7, 11) is 0. The molecule has 0 unspecified atom stereocenters. The first-order valence-electron chi connectivity index (χ1n) is 6.40. The highest BCUT2D eigenvalue weighted by atomic mass is 19.1. The molecule has 0 aliphatic carbocycles. The molecular weight excluding hydrogens is 241 g/mol. The Kier molecular flexibility index (Phi) is 2.55. The Morgan fingerprint density at radius 1 is 1.05 bits per heavy atom. The Morgan fingerprint density at radius 2 is 1.74 bits per heavy atom. The van der Waals surface area contributed by atoms with E-state index in [1.165, 1.54) is 16.8 Å². The van der Waals surface area contributed by atoms with E-state index in [0.29, 0.717) is 11.3 Å². The molecule has 3 nitrogen and oxygen atoms in total. The van der Waals surface area contributed by atoms with E-state index in [1.54, 1.807) is 12.1 Å². The van der Waals surface area contributed by atoms with Gasteiger partial charge in [-0.15, -0.1) is 5.10 Å². The van der Waals surface area contributed by atoms with Crippen molar-refractivity contribution in [3.05, 3.63) is 66.1 Å². The quantitative estimate of drug-likeness (QED) is 0.702. The smallest absolute Gasteiger partial charge is 0.123 e. The van der Waals surface area contributed by atoms with Gasteiger partial charge in [-0.25, -0.2) is 9.07 Å². The van der Waals surface area contributed by atoms with Gasteiger partial charge in [0.05, 0.1) is 13.2 Å². The SMILES string of the molecule is [2H]c1c(-c2ccc(F)cc2)nnn1-c1ccc(C)cc1. The van der Waals surface area contributed by atoms with E-state index < -0.39 is 0 Å². The maximum absolute atomic E-state index is 12.9. The standard InChI is InChI=1S/C15H12FN3/c1-11-2-8-14(9-3-11)19-10-15(17-18-19)12-4-6-13(16)7-5-12/h2-10H,1H3/i10D. The van der Waals surface area contributed by atoms with Crippen LogP contribution in [0.15, 0.2) is 54.7 Å². The molecule has 0 fully saturated rings. The van der Waals surface area contributed by atoms with Crippen molar-refractivity contribution in [3.8, 4) is 16.9 Å². The van der Waals surface area contributed by atoms with Crippen LogP contribution in [-0.2, 0) is 0 Å². The monoisotopic (exact) mass is 254 g/mol. The first-order valence-corrected chi connectivity index (χ1v) is 5.90. The number of halogens is 1. The average Bonchev–Trinajstić information content (AvgIpc) is 2.83. The molecule has 0 N–H and O–H groups in total. The van der Waals surface area contributed by atoms with Crippen LogP contribution in [0, 0.1) is 12.7 Å². The van der Waals surface area contributed by atoms with Crippen molar-refractivity contribution in [2.24, 2.45) is 0 Å². The van der Waals surface area contributed by atoms with E-state index >= 15 is 0 Å². The molecule has 4 heteroatoms. The molecule has 0 amide bonds. The molecule has 0 aliphatic heterocycles. The fraction of sp³-hybridized carbons (Fsp3) is 0.0667. The minimum absolute atomic E-state index is 0.181. The molecule has 1 heterocycles. The largest absolute Gasteiger partial charge is 0.220 e. The van der Waals surface area contributed by atoms with Gasteiger partial charge in [0.15, 0.2) is 0 Å². The molecule has 2 aromatic carbocycles. The Morgan fingerprint density at radius 3 is 2.42 bits per heavy atom. The van der Waals surface area contributed by atoms with Crippen LogP contribution in [0.25, 0.3) is 16.9 Å². The van der Waals surface area contributed by atoms with Gasteiger partial charge >= 0.3 is 0 Å².